The monoisotopic (exact) mass is 277 g/mol. The molecule has 1 heterocycles. The van der Waals surface area contributed by atoms with Crippen molar-refractivity contribution in [1.29, 1.82) is 0 Å². The van der Waals surface area contributed by atoms with Gasteiger partial charge < -0.3 is 9.64 Å². The minimum Gasteiger partial charge on any atom is -0.484 e. The van der Waals surface area contributed by atoms with Crippen molar-refractivity contribution >= 4 is 11.8 Å². The zero-order chi connectivity index (χ0) is 14.4. The molecule has 0 bridgehead atoms. The number of nitrogens with zero attached hydrogens (tertiary/aromatic N) is 1. The van der Waals surface area contributed by atoms with E-state index in [1.54, 1.807) is 4.90 Å². The molecule has 0 saturated carbocycles. The third kappa shape index (κ3) is 3.71. The van der Waals surface area contributed by atoms with E-state index in [1.807, 2.05) is 30.3 Å². The van der Waals surface area contributed by atoms with Crippen LogP contribution in [0.25, 0.3) is 0 Å². The molecule has 0 atom stereocenters. The fourth-order valence-corrected chi connectivity index (χ4v) is 2.26. The SMILES string of the molecule is NNC(=O)C1CCN(C(=O)COc2ccccc2)CC1. The minimum absolute atomic E-state index is 0.0256. The van der Waals surface area contributed by atoms with Crippen molar-refractivity contribution in [3.63, 3.8) is 0 Å². The number of piperidine rings is 1. The lowest BCUT2D eigenvalue weighted by molar-refractivity contribution is -0.137. The minimum atomic E-state index is -0.155. The molecule has 0 spiro atoms. The van der Waals surface area contributed by atoms with Gasteiger partial charge in [-0.3, -0.25) is 15.0 Å². The number of hydrogen-bond donors (Lipinski definition) is 2. The molecular weight excluding hydrogens is 258 g/mol. The second kappa shape index (κ2) is 6.91. The molecule has 1 aliphatic rings. The van der Waals surface area contributed by atoms with Gasteiger partial charge in [-0.2, -0.15) is 0 Å². The number of amides is 2. The largest absolute Gasteiger partial charge is 0.484 e. The molecular formula is C14H19N3O3. The van der Waals surface area contributed by atoms with E-state index >= 15 is 0 Å². The number of nitrogens with one attached hydrogen (secondary N) is 1. The number of hydrogen-bond acceptors (Lipinski definition) is 4. The normalized spacial score (nSPS) is 15.8. The summed E-state index contributed by atoms with van der Waals surface area (Å²) < 4.78 is 5.43. The van der Waals surface area contributed by atoms with Gasteiger partial charge in [-0.15, -0.1) is 0 Å². The van der Waals surface area contributed by atoms with Gasteiger partial charge in [0, 0.05) is 19.0 Å². The topological polar surface area (TPSA) is 84.7 Å². The summed E-state index contributed by atoms with van der Waals surface area (Å²) in [7, 11) is 0. The number of carbonyl (C=O) groups is 2. The molecule has 0 aromatic heterocycles. The van der Waals surface area contributed by atoms with Gasteiger partial charge in [0.15, 0.2) is 6.61 Å². The van der Waals surface area contributed by atoms with Crippen molar-refractivity contribution < 1.29 is 14.3 Å². The van der Waals surface area contributed by atoms with Crippen molar-refractivity contribution in [1.82, 2.24) is 10.3 Å². The van der Waals surface area contributed by atoms with Gasteiger partial charge >= 0.3 is 0 Å². The van der Waals surface area contributed by atoms with E-state index < -0.39 is 0 Å². The highest BCUT2D eigenvalue weighted by atomic mass is 16.5. The molecule has 1 aromatic carbocycles. The van der Waals surface area contributed by atoms with Gasteiger partial charge in [0.25, 0.3) is 5.91 Å². The Morgan fingerprint density at radius 3 is 2.50 bits per heavy atom. The molecule has 1 aromatic rings. The van der Waals surface area contributed by atoms with Crippen LogP contribution in [0.15, 0.2) is 30.3 Å². The number of para-hydroxylation sites is 1. The van der Waals surface area contributed by atoms with Gasteiger partial charge in [0.2, 0.25) is 5.91 Å². The molecule has 0 unspecified atom stereocenters. The predicted octanol–water partition coefficient (Wildman–Crippen LogP) is 0.294. The van der Waals surface area contributed by atoms with E-state index in [0.717, 1.165) is 0 Å². The number of rotatable bonds is 4. The standard InChI is InChI=1S/C14H19N3O3/c15-16-14(19)11-6-8-17(9-7-11)13(18)10-20-12-4-2-1-3-5-12/h1-5,11H,6-10,15H2,(H,16,19). The fourth-order valence-electron chi connectivity index (χ4n) is 2.26. The van der Waals surface area contributed by atoms with Crippen LogP contribution in [0.4, 0.5) is 0 Å². The third-order valence-electron chi connectivity index (χ3n) is 3.47. The maximum Gasteiger partial charge on any atom is 0.260 e. The maximum absolute atomic E-state index is 12.0. The lowest BCUT2D eigenvalue weighted by Gasteiger charge is -2.30. The Morgan fingerprint density at radius 2 is 1.90 bits per heavy atom. The third-order valence-corrected chi connectivity index (χ3v) is 3.47. The van der Waals surface area contributed by atoms with Crippen LogP contribution in [0.1, 0.15) is 12.8 Å². The summed E-state index contributed by atoms with van der Waals surface area (Å²) in [6.45, 7) is 1.15. The number of ether oxygens (including phenoxy) is 1. The highest BCUT2D eigenvalue weighted by molar-refractivity contribution is 5.80. The predicted molar refractivity (Wildman–Crippen MR) is 73.6 cm³/mol. The first-order valence-corrected chi connectivity index (χ1v) is 6.67. The van der Waals surface area contributed by atoms with Crippen molar-refractivity contribution in [2.24, 2.45) is 11.8 Å². The summed E-state index contributed by atoms with van der Waals surface area (Å²) in [5.41, 5.74) is 2.16. The molecule has 0 radical (unpaired) electrons. The number of hydrazine groups is 1. The first-order valence-electron chi connectivity index (χ1n) is 6.67. The molecule has 2 amide bonds. The summed E-state index contributed by atoms with van der Waals surface area (Å²) in [6, 6.07) is 9.23. The quantitative estimate of drug-likeness (QED) is 0.471. The molecule has 3 N–H and O–H groups in total. The van der Waals surface area contributed by atoms with E-state index in [4.69, 9.17) is 10.6 Å². The van der Waals surface area contributed by atoms with Crippen LogP contribution in [0.3, 0.4) is 0 Å². The van der Waals surface area contributed by atoms with E-state index in [0.29, 0.717) is 31.7 Å². The van der Waals surface area contributed by atoms with E-state index in [2.05, 4.69) is 5.43 Å². The molecule has 1 saturated heterocycles. The molecule has 1 fully saturated rings. The van der Waals surface area contributed by atoms with Gasteiger partial charge in [-0.25, -0.2) is 5.84 Å². The fraction of sp³-hybridized carbons (Fsp3) is 0.429. The number of carbonyl (C=O) groups excluding carboxylic acids is 2. The summed E-state index contributed by atoms with van der Waals surface area (Å²) in [4.78, 5) is 25.1. The van der Waals surface area contributed by atoms with Crippen molar-refractivity contribution in [3.05, 3.63) is 30.3 Å². The summed E-state index contributed by atoms with van der Waals surface area (Å²) in [5.74, 6) is 5.48. The molecule has 20 heavy (non-hydrogen) atoms. The lowest BCUT2D eigenvalue weighted by atomic mass is 9.96. The Morgan fingerprint density at radius 1 is 1.25 bits per heavy atom. The first-order chi connectivity index (χ1) is 9.70. The molecule has 2 rings (SSSR count). The molecule has 0 aliphatic carbocycles. The Labute approximate surface area is 117 Å². The van der Waals surface area contributed by atoms with Crippen LogP contribution in [0, 0.1) is 5.92 Å². The van der Waals surface area contributed by atoms with Crippen LogP contribution in [0.5, 0.6) is 5.75 Å². The summed E-state index contributed by atoms with van der Waals surface area (Å²) in [6.07, 6.45) is 1.28. The van der Waals surface area contributed by atoms with Crippen LogP contribution >= 0.6 is 0 Å². The van der Waals surface area contributed by atoms with E-state index in [9.17, 15) is 9.59 Å². The summed E-state index contributed by atoms with van der Waals surface area (Å²) in [5, 5.41) is 0. The zero-order valence-electron chi connectivity index (χ0n) is 11.2. The van der Waals surface area contributed by atoms with Crippen molar-refractivity contribution in [3.8, 4) is 5.75 Å². The van der Waals surface area contributed by atoms with Gasteiger partial charge in [-0.05, 0) is 25.0 Å². The number of benzene rings is 1. The molecule has 6 heteroatoms. The number of likely N-dealkylation sites (tertiary alicyclic amines) is 1. The van der Waals surface area contributed by atoms with Gasteiger partial charge in [0.1, 0.15) is 5.75 Å². The second-order valence-corrected chi connectivity index (χ2v) is 4.77. The van der Waals surface area contributed by atoms with Crippen LogP contribution in [-0.4, -0.2) is 36.4 Å². The van der Waals surface area contributed by atoms with E-state index in [1.165, 1.54) is 0 Å². The van der Waals surface area contributed by atoms with Gasteiger partial charge in [0.05, 0.1) is 0 Å². The average Bonchev–Trinajstić information content (AvgIpc) is 2.53. The smallest absolute Gasteiger partial charge is 0.260 e. The summed E-state index contributed by atoms with van der Waals surface area (Å²) >= 11 is 0. The van der Waals surface area contributed by atoms with Crippen LogP contribution in [-0.2, 0) is 9.59 Å². The number of nitrogens with two attached hydrogens (primary N) is 1. The average molecular weight is 277 g/mol. The maximum atomic E-state index is 12.0. The van der Waals surface area contributed by atoms with Crippen LogP contribution < -0.4 is 16.0 Å². The second-order valence-electron chi connectivity index (χ2n) is 4.77. The van der Waals surface area contributed by atoms with Crippen molar-refractivity contribution in [2.75, 3.05) is 19.7 Å². The molecule has 1 aliphatic heterocycles. The van der Waals surface area contributed by atoms with E-state index in [-0.39, 0.29) is 24.3 Å². The van der Waals surface area contributed by atoms with Crippen LogP contribution in [0.2, 0.25) is 0 Å². The van der Waals surface area contributed by atoms with Crippen molar-refractivity contribution in [2.45, 2.75) is 12.8 Å². The molecule has 108 valence electrons. The molecule has 6 nitrogen and oxygen atoms in total. The first kappa shape index (κ1) is 14.3. The highest BCUT2D eigenvalue weighted by Crippen LogP contribution is 2.17. The Hall–Kier alpha value is -2.08. The lowest BCUT2D eigenvalue weighted by Crippen LogP contribution is -2.45. The van der Waals surface area contributed by atoms with Gasteiger partial charge in [-0.1, -0.05) is 18.2 Å². The Bertz CT molecular complexity index is 456. The Balaban J connectivity index is 1.76. The zero-order valence-corrected chi connectivity index (χ0v) is 11.2. The highest BCUT2D eigenvalue weighted by Gasteiger charge is 2.26. The Kier molecular flexibility index (Phi) is 4.95.